The fourth-order valence-electron chi connectivity index (χ4n) is 10.6. The lowest BCUT2D eigenvalue weighted by Gasteiger charge is -2.21. The molecule has 0 saturated carbocycles. The third-order valence-electron chi connectivity index (χ3n) is 16.3. The molecule has 0 fully saturated rings. The van der Waals surface area contributed by atoms with Crippen molar-refractivity contribution in [1.29, 1.82) is 0 Å². The molecule has 0 aromatic rings. The summed E-state index contributed by atoms with van der Waals surface area (Å²) >= 11 is 0. The van der Waals surface area contributed by atoms with Crippen LogP contribution in [0.4, 0.5) is 0 Å². The van der Waals surface area contributed by atoms with Crippen LogP contribution in [0.5, 0.6) is 0 Å². The van der Waals surface area contributed by atoms with Crippen LogP contribution in [0.1, 0.15) is 362 Å². The van der Waals surface area contributed by atoms with Gasteiger partial charge in [-0.3, -0.25) is 37.3 Å². The summed E-state index contributed by atoms with van der Waals surface area (Å²) in [6.07, 6.45) is 50.3. The topological polar surface area (TPSA) is 237 Å². The summed E-state index contributed by atoms with van der Waals surface area (Å²) in [6, 6.07) is 0. The highest BCUT2D eigenvalue weighted by atomic mass is 31.2. The van der Waals surface area contributed by atoms with Crippen LogP contribution in [0.2, 0.25) is 0 Å². The summed E-state index contributed by atoms with van der Waals surface area (Å²) in [7, 11) is -9.89. The van der Waals surface area contributed by atoms with E-state index in [4.69, 9.17) is 37.0 Å². The maximum atomic E-state index is 13.0. The highest BCUT2D eigenvalue weighted by molar-refractivity contribution is 7.47. The molecule has 89 heavy (non-hydrogen) atoms. The van der Waals surface area contributed by atoms with Crippen molar-refractivity contribution in [3.05, 3.63) is 0 Å². The number of aliphatic hydroxyl groups excluding tert-OH is 1. The summed E-state index contributed by atoms with van der Waals surface area (Å²) in [5.74, 6) is -1.43. The largest absolute Gasteiger partial charge is 0.472 e. The zero-order chi connectivity index (χ0) is 65.6. The van der Waals surface area contributed by atoms with E-state index in [0.717, 1.165) is 103 Å². The standard InChI is InChI=1S/C70H136O17P2/c1-6-9-12-15-18-20-22-24-25-26-27-28-29-30-31-33-35-40-45-50-55-69(74)86-66(60-81-68(73)54-49-44-39-34-32-23-21-19-16-13-10-7-2)62-85-89(78,79)83-58-64(71)57-82-88(76,77)84-61-65(59-80-67(72)53-48-43-37-17-14-11-8-3)87-70(75)56-51-46-41-36-38-42-47-52-63(4)5/h63-66,71H,6-62H2,1-5H3,(H,76,77)(H,78,79)/t64-,65+,66+/m0/s1. The van der Waals surface area contributed by atoms with Gasteiger partial charge in [-0.2, -0.15) is 0 Å². The van der Waals surface area contributed by atoms with Gasteiger partial charge in [0.2, 0.25) is 0 Å². The molecule has 0 rings (SSSR count). The summed E-state index contributed by atoms with van der Waals surface area (Å²) in [5.41, 5.74) is 0. The van der Waals surface area contributed by atoms with Gasteiger partial charge in [0.1, 0.15) is 19.3 Å². The molecule has 0 radical (unpaired) electrons. The van der Waals surface area contributed by atoms with Crippen molar-refractivity contribution >= 4 is 39.5 Å². The SMILES string of the molecule is CCCCCCCCCCCCCCCCCCCCCCC(=O)O[C@H](COC(=O)CCCCCCCCCCCCCC)COP(=O)(O)OC[C@@H](O)COP(=O)(O)OC[C@@H](COC(=O)CCCCCCCCC)OC(=O)CCCCCCCCCC(C)C. The number of ether oxygens (including phenoxy) is 4. The number of hydrogen-bond donors (Lipinski definition) is 3. The van der Waals surface area contributed by atoms with E-state index in [2.05, 4.69) is 34.6 Å². The molecule has 0 aliphatic rings. The molecule has 2 unspecified atom stereocenters. The highest BCUT2D eigenvalue weighted by Gasteiger charge is 2.30. The van der Waals surface area contributed by atoms with E-state index < -0.39 is 97.5 Å². The average molecular weight is 1310 g/mol. The first kappa shape index (κ1) is 87.1. The van der Waals surface area contributed by atoms with Crippen LogP contribution in [0.25, 0.3) is 0 Å². The first-order chi connectivity index (χ1) is 43.0. The van der Waals surface area contributed by atoms with Crippen LogP contribution in [-0.2, 0) is 65.4 Å². The molecule has 0 aliphatic carbocycles. The van der Waals surface area contributed by atoms with Gasteiger partial charge in [-0.15, -0.1) is 0 Å². The number of esters is 4. The molecule has 0 bridgehead atoms. The van der Waals surface area contributed by atoms with E-state index in [1.807, 2.05) is 0 Å². The molecule has 5 atom stereocenters. The smallest absolute Gasteiger partial charge is 0.462 e. The van der Waals surface area contributed by atoms with Crippen LogP contribution < -0.4 is 0 Å². The molecule has 0 spiro atoms. The molecule has 528 valence electrons. The lowest BCUT2D eigenvalue weighted by molar-refractivity contribution is -0.161. The molecule has 0 aromatic heterocycles. The van der Waals surface area contributed by atoms with Gasteiger partial charge < -0.3 is 33.8 Å². The first-order valence-corrected chi connectivity index (χ1v) is 39.6. The highest BCUT2D eigenvalue weighted by Crippen LogP contribution is 2.45. The van der Waals surface area contributed by atoms with Crippen molar-refractivity contribution in [2.75, 3.05) is 39.6 Å². The van der Waals surface area contributed by atoms with Crippen LogP contribution in [-0.4, -0.2) is 96.7 Å². The molecule has 0 aromatic carbocycles. The summed E-state index contributed by atoms with van der Waals surface area (Å²) in [5, 5.41) is 10.6. The Balaban J connectivity index is 5.15. The maximum absolute atomic E-state index is 13.0. The third kappa shape index (κ3) is 64.6. The summed E-state index contributed by atoms with van der Waals surface area (Å²) < 4.78 is 68.1. The van der Waals surface area contributed by atoms with Crippen molar-refractivity contribution in [2.45, 2.75) is 380 Å². The van der Waals surface area contributed by atoms with Crippen LogP contribution in [0, 0.1) is 5.92 Å². The fraction of sp³-hybridized carbons (Fsp3) is 0.943. The van der Waals surface area contributed by atoms with E-state index in [9.17, 15) is 43.2 Å². The number of carbonyl (C=O) groups is 4. The number of unbranched alkanes of at least 4 members (excludes halogenated alkanes) is 42. The number of rotatable bonds is 70. The molecule has 0 saturated heterocycles. The van der Waals surface area contributed by atoms with Gasteiger partial charge in [0.05, 0.1) is 26.4 Å². The number of phosphoric acid groups is 2. The lowest BCUT2D eigenvalue weighted by Crippen LogP contribution is -2.30. The summed E-state index contributed by atoms with van der Waals surface area (Å²) in [6.45, 7) is 7.14. The second-order valence-corrected chi connectivity index (χ2v) is 28.7. The molecule has 0 amide bonds. The minimum Gasteiger partial charge on any atom is -0.462 e. The van der Waals surface area contributed by atoms with Gasteiger partial charge in [0.15, 0.2) is 12.2 Å². The Morgan fingerprint density at radius 1 is 0.303 bits per heavy atom. The number of carbonyl (C=O) groups excluding carboxylic acids is 4. The van der Waals surface area contributed by atoms with Gasteiger partial charge in [-0.05, 0) is 31.6 Å². The Bertz CT molecular complexity index is 1720. The van der Waals surface area contributed by atoms with E-state index in [0.29, 0.717) is 31.6 Å². The minimum atomic E-state index is -4.95. The minimum absolute atomic E-state index is 0.103. The van der Waals surface area contributed by atoms with Crippen LogP contribution >= 0.6 is 15.6 Å². The van der Waals surface area contributed by atoms with E-state index in [1.165, 1.54) is 173 Å². The van der Waals surface area contributed by atoms with Crippen molar-refractivity contribution in [2.24, 2.45) is 5.92 Å². The van der Waals surface area contributed by atoms with Gasteiger partial charge in [-0.25, -0.2) is 9.13 Å². The second-order valence-electron chi connectivity index (χ2n) is 25.7. The number of aliphatic hydroxyl groups is 1. The molecular weight excluding hydrogens is 1170 g/mol. The number of phosphoric ester groups is 2. The van der Waals surface area contributed by atoms with Crippen molar-refractivity contribution in [3.63, 3.8) is 0 Å². The van der Waals surface area contributed by atoms with Gasteiger partial charge in [-0.1, -0.05) is 311 Å². The number of hydrogen-bond acceptors (Lipinski definition) is 15. The van der Waals surface area contributed by atoms with Crippen molar-refractivity contribution in [1.82, 2.24) is 0 Å². The predicted molar refractivity (Wildman–Crippen MR) is 358 cm³/mol. The van der Waals surface area contributed by atoms with Gasteiger partial charge in [0, 0.05) is 25.7 Å². The average Bonchev–Trinajstić information content (AvgIpc) is 3.71. The molecule has 19 heteroatoms. The molecule has 17 nitrogen and oxygen atoms in total. The van der Waals surface area contributed by atoms with Gasteiger partial charge in [0.25, 0.3) is 0 Å². The third-order valence-corrected chi connectivity index (χ3v) is 18.2. The Morgan fingerprint density at radius 3 is 0.764 bits per heavy atom. The zero-order valence-corrected chi connectivity index (χ0v) is 59.4. The Hall–Kier alpha value is -1.94. The molecule has 3 N–H and O–H groups in total. The Morgan fingerprint density at radius 2 is 0.517 bits per heavy atom. The fourth-order valence-corrected chi connectivity index (χ4v) is 12.2. The van der Waals surface area contributed by atoms with E-state index in [-0.39, 0.29) is 25.7 Å². The van der Waals surface area contributed by atoms with Crippen molar-refractivity contribution < 1.29 is 80.2 Å². The predicted octanol–water partition coefficient (Wildman–Crippen LogP) is 20.1. The first-order valence-electron chi connectivity index (χ1n) is 36.6. The lowest BCUT2D eigenvalue weighted by atomic mass is 10.0. The maximum Gasteiger partial charge on any atom is 0.472 e. The monoisotopic (exact) mass is 1310 g/mol. The summed E-state index contributed by atoms with van der Waals surface area (Å²) in [4.78, 5) is 72.3. The van der Waals surface area contributed by atoms with E-state index >= 15 is 0 Å². The zero-order valence-electron chi connectivity index (χ0n) is 57.6. The Labute approximate surface area is 543 Å². The molecule has 0 heterocycles. The van der Waals surface area contributed by atoms with Gasteiger partial charge >= 0.3 is 39.5 Å². The Kier molecular flexibility index (Phi) is 62.1. The quantitative estimate of drug-likeness (QED) is 0.0222. The second kappa shape index (κ2) is 63.5. The van der Waals surface area contributed by atoms with E-state index in [1.54, 1.807) is 0 Å². The molecular formula is C70H136O17P2. The normalized spacial score (nSPS) is 14.1. The molecule has 0 aliphatic heterocycles. The van der Waals surface area contributed by atoms with Crippen molar-refractivity contribution in [3.8, 4) is 0 Å². The van der Waals surface area contributed by atoms with Crippen LogP contribution in [0.3, 0.4) is 0 Å². The van der Waals surface area contributed by atoms with Crippen LogP contribution in [0.15, 0.2) is 0 Å².